The van der Waals surface area contributed by atoms with Gasteiger partial charge in [0, 0.05) is 27.6 Å². The van der Waals surface area contributed by atoms with Gasteiger partial charge in [-0.25, -0.2) is 0 Å². The second kappa shape index (κ2) is 14.8. The molecule has 8 nitrogen and oxygen atoms in total. The van der Waals surface area contributed by atoms with Crippen LogP contribution >= 0.6 is 15.9 Å². The van der Waals surface area contributed by atoms with Crippen LogP contribution in [-0.4, -0.2) is 40.2 Å². The Hall–Kier alpha value is -4.51. The molecule has 0 saturated carbocycles. The fraction of sp³-hybridized carbons (Fsp3) is 0.275. The first kappa shape index (κ1) is 34.0. The van der Waals surface area contributed by atoms with E-state index in [-0.39, 0.29) is 29.8 Å². The fourth-order valence-corrected chi connectivity index (χ4v) is 8.26. The summed E-state index contributed by atoms with van der Waals surface area (Å²) in [7, 11) is -1.06. The van der Waals surface area contributed by atoms with Crippen molar-refractivity contribution in [3.63, 3.8) is 0 Å². The van der Waals surface area contributed by atoms with Gasteiger partial charge in [-0.05, 0) is 122 Å². The minimum atomic E-state index is -1.06. The zero-order valence-electron chi connectivity index (χ0n) is 27.8. The Morgan fingerprint density at radius 3 is 2.50 bits per heavy atom. The molecule has 0 spiro atoms. The zero-order chi connectivity index (χ0) is 34.8. The lowest BCUT2D eigenvalue weighted by atomic mass is 9.58. The van der Waals surface area contributed by atoms with E-state index in [0.29, 0.717) is 30.5 Å². The van der Waals surface area contributed by atoms with E-state index < -0.39 is 25.1 Å². The lowest BCUT2D eigenvalue weighted by molar-refractivity contribution is -0.122. The molecule has 3 aliphatic rings. The van der Waals surface area contributed by atoms with Gasteiger partial charge >= 0.3 is 7.12 Å². The lowest BCUT2D eigenvalue weighted by Gasteiger charge is -2.43. The molecule has 4 atom stereocenters. The predicted molar refractivity (Wildman–Crippen MR) is 200 cm³/mol. The van der Waals surface area contributed by atoms with Crippen molar-refractivity contribution < 1.29 is 24.4 Å². The molecule has 50 heavy (non-hydrogen) atoms. The van der Waals surface area contributed by atoms with Crippen LogP contribution in [0, 0.1) is 17.8 Å². The van der Waals surface area contributed by atoms with Crippen LogP contribution in [0.4, 0.5) is 17.1 Å². The zero-order valence-corrected chi connectivity index (χ0v) is 29.4. The molecule has 0 bridgehead atoms. The van der Waals surface area contributed by atoms with Gasteiger partial charge in [-0.2, -0.15) is 0 Å². The molecule has 2 fully saturated rings. The van der Waals surface area contributed by atoms with Crippen LogP contribution in [0.1, 0.15) is 50.3 Å². The van der Waals surface area contributed by atoms with E-state index in [1.54, 1.807) is 18.3 Å². The second-order valence-corrected chi connectivity index (χ2v) is 14.2. The standard InChI is InChI=1S/C40H39BBrN3O5/c1-2-8-26-23-32-38(40(48)45(39(32)47)31-16-14-30(15-17-31)44-29-9-4-3-5-10-29)33-24-41(49)50-36(37(26)33)19-12-25(34-11-6-7-20-43-34)21-27-22-28(42)13-18-35(27)46/h3-7,9-11,13-18,20-22,32-33,36,38,44,46,49H,2,8,12,19,23-24H2,1H3/b25-21-/t32-,33+,36-,38-/m1/s1. The molecule has 2 saturated heterocycles. The number of aromatic hydroxyl groups is 1. The summed E-state index contributed by atoms with van der Waals surface area (Å²) in [5, 5.41) is 25.1. The second-order valence-electron chi connectivity index (χ2n) is 13.2. The molecule has 1 aromatic heterocycles. The SMILES string of the molecule is CCCC1=C2[C@@H](CC/C(=C/c3cc(Br)ccc3O)c3ccccn3)OB(O)C[C@@H]2[C@@H]2C(=O)N(c3ccc(Nc4ccccc4)cc3)C(=O)[C@@H]2C1. The number of para-hydroxylation sites is 1. The van der Waals surface area contributed by atoms with Gasteiger partial charge in [-0.1, -0.05) is 59.1 Å². The smallest absolute Gasteiger partial charge is 0.455 e. The van der Waals surface area contributed by atoms with Gasteiger partial charge in [-0.15, -0.1) is 0 Å². The van der Waals surface area contributed by atoms with E-state index in [1.165, 1.54) is 4.90 Å². The lowest BCUT2D eigenvalue weighted by Crippen LogP contribution is -2.46. The number of hydrogen-bond donors (Lipinski definition) is 3. The van der Waals surface area contributed by atoms with Crippen molar-refractivity contribution in [2.45, 2.75) is 51.5 Å². The van der Waals surface area contributed by atoms with E-state index in [4.69, 9.17) is 4.65 Å². The number of nitrogens with zero attached hydrogens (tertiary/aromatic N) is 2. The Kier molecular flexibility index (Phi) is 10.0. The van der Waals surface area contributed by atoms with E-state index in [1.807, 2.05) is 84.9 Å². The van der Waals surface area contributed by atoms with Crippen molar-refractivity contribution >= 4 is 63.6 Å². The minimum Gasteiger partial charge on any atom is -0.507 e. The molecular weight excluding hydrogens is 693 g/mol. The number of phenols is 1. The topological polar surface area (TPSA) is 112 Å². The molecule has 10 heteroatoms. The van der Waals surface area contributed by atoms with Crippen molar-refractivity contribution in [2.75, 3.05) is 10.2 Å². The van der Waals surface area contributed by atoms with Crippen molar-refractivity contribution in [2.24, 2.45) is 17.8 Å². The number of carbonyl (C=O) groups excluding carboxylic acids is 2. The molecule has 1 aliphatic carbocycles. The Bertz CT molecular complexity index is 1940. The highest BCUT2D eigenvalue weighted by molar-refractivity contribution is 9.10. The molecular formula is C40H39BBrN3O5. The van der Waals surface area contributed by atoms with Crippen molar-refractivity contribution in [3.05, 3.63) is 124 Å². The van der Waals surface area contributed by atoms with Crippen LogP contribution in [0.5, 0.6) is 5.75 Å². The Morgan fingerprint density at radius 1 is 1.00 bits per heavy atom. The first-order chi connectivity index (χ1) is 24.3. The highest BCUT2D eigenvalue weighted by Gasteiger charge is 2.57. The molecule has 3 N–H and O–H groups in total. The van der Waals surface area contributed by atoms with Gasteiger partial charge in [0.2, 0.25) is 11.8 Å². The van der Waals surface area contributed by atoms with E-state index in [9.17, 15) is 19.7 Å². The third kappa shape index (κ3) is 6.93. The van der Waals surface area contributed by atoms with Crippen LogP contribution in [0.25, 0.3) is 11.6 Å². The van der Waals surface area contributed by atoms with E-state index in [2.05, 4.69) is 33.2 Å². The number of amides is 2. The van der Waals surface area contributed by atoms with Crippen LogP contribution in [0.3, 0.4) is 0 Å². The van der Waals surface area contributed by atoms with Crippen molar-refractivity contribution in [1.82, 2.24) is 4.98 Å². The first-order valence-electron chi connectivity index (χ1n) is 17.3. The normalized spacial score (nSPS) is 22.1. The number of nitrogens with one attached hydrogen (secondary N) is 1. The van der Waals surface area contributed by atoms with Gasteiger partial charge in [-0.3, -0.25) is 19.5 Å². The summed E-state index contributed by atoms with van der Waals surface area (Å²) in [5.74, 6) is -1.58. The van der Waals surface area contributed by atoms with Gasteiger partial charge in [0.05, 0.1) is 29.3 Å². The predicted octanol–water partition coefficient (Wildman–Crippen LogP) is 8.42. The molecule has 4 aromatic rings. The molecule has 3 heterocycles. The summed E-state index contributed by atoms with van der Waals surface area (Å²) in [6.07, 6.45) is 6.78. The number of fused-ring (bicyclic) bond motifs is 3. The van der Waals surface area contributed by atoms with Crippen LogP contribution in [0.15, 0.2) is 113 Å². The van der Waals surface area contributed by atoms with Crippen LogP contribution in [-0.2, 0) is 14.2 Å². The quantitative estimate of drug-likeness (QED) is 0.0853. The fourth-order valence-electron chi connectivity index (χ4n) is 7.88. The number of imide groups is 1. The molecule has 2 aliphatic heterocycles. The Labute approximate surface area is 301 Å². The largest absolute Gasteiger partial charge is 0.507 e. The van der Waals surface area contributed by atoms with Crippen LogP contribution in [0.2, 0.25) is 6.32 Å². The summed E-state index contributed by atoms with van der Waals surface area (Å²) < 4.78 is 7.12. The van der Waals surface area contributed by atoms with E-state index in [0.717, 1.165) is 51.1 Å². The monoisotopic (exact) mass is 731 g/mol. The first-order valence-corrected chi connectivity index (χ1v) is 18.1. The molecule has 3 aromatic carbocycles. The number of hydrogen-bond acceptors (Lipinski definition) is 7. The highest BCUT2D eigenvalue weighted by Crippen LogP contribution is 2.52. The number of aromatic nitrogens is 1. The van der Waals surface area contributed by atoms with Crippen molar-refractivity contribution in [1.29, 1.82) is 0 Å². The molecule has 0 radical (unpaired) electrons. The summed E-state index contributed by atoms with van der Waals surface area (Å²) in [6.45, 7) is 2.12. The Balaban J connectivity index is 1.16. The number of allylic oxidation sites excluding steroid dienone is 2. The third-order valence-corrected chi connectivity index (χ3v) is 10.5. The average Bonchev–Trinajstić information content (AvgIpc) is 3.37. The third-order valence-electron chi connectivity index (χ3n) is 10.0. The molecule has 7 rings (SSSR count). The average molecular weight is 732 g/mol. The van der Waals surface area contributed by atoms with E-state index >= 15 is 0 Å². The summed E-state index contributed by atoms with van der Waals surface area (Å²) >= 11 is 3.51. The van der Waals surface area contributed by atoms with Crippen LogP contribution < -0.4 is 10.2 Å². The van der Waals surface area contributed by atoms with Crippen molar-refractivity contribution in [3.8, 4) is 5.75 Å². The highest BCUT2D eigenvalue weighted by atomic mass is 79.9. The number of pyridine rings is 1. The molecule has 254 valence electrons. The minimum absolute atomic E-state index is 0.161. The molecule has 2 amide bonds. The molecule has 0 unspecified atom stereocenters. The van der Waals surface area contributed by atoms with Gasteiger partial charge < -0.3 is 20.1 Å². The maximum Gasteiger partial charge on any atom is 0.455 e. The number of rotatable bonds is 10. The summed E-state index contributed by atoms with van der Waals surface area (Å²) in [5.41, 5.74) is 6.93. The number of benzene rings is 3. The van der Waals surface area contributed by atoms with Gasteiger partial charge in [0.25, 0.3) is 0 Å². The maximum absolute atomic E-state index is 14.3. The Morgan fingerprint density at radius 2 is 1.76 bits per heavy atom. The van der Waals surface area contributed by atoms with Gasteiger partial charge in [0.1, 0.15) is 5.75 Å². The maximum atomic E-state index is 14.3. The summed E-state index contributed by atoms with van der Waals surface area (Å²) in [6, 6.07) is 28.2. The van der Waals surface area contributed by atoms with Gasteiger partial charge in [0.15, 0.2) is 0 Å². The summed E-state index contributed by atoms with van der Waals surface area (Å²) in [4.78, 5) is 34.3. The number of carbonyl (C=O) groups is 2. The number of anilines is 3. The number of halogens is 1. The number of phenolic OH excluding ortho intramolecular Hbond substituents is 1.